The summed E-state index contributed by atoms with van der Waals surface area (Å²) >= 11 is 0. The van der Waals surface area contributed by atoms with Gasteiger partial charge in [-0.1, -0.05) is 12.1 Å². The van der Waals surface area contributed by atoms with Crippen LogP contribution in [0.5, 0.6) is 0 Å². The van der Waals surface area contributed by atoms with Crippen LogP contribution in [0, 0.1) is 5.82 Å². The first-order valence-corrected chi connectivity index (χ1v) is 5.14. The Balaban J connectivity index is 2.53. The second-order valence-electron chi connectivity index (χ2n) is 3.80. The summed E-state index contributed by atoms with van der Waals surface area (Å²) in [7, 11) is 1.68. The number of ether oxygens (including phenoxy) is 1. The standard InChI is InChI=1S/C12H18FNO/c1-9(8-15-3)14-10(2)11-4-6-12(13)7-5-11/h4-7,9-10,14H,8H2,1-3H3/t9?,10-/m1/s1. The Morgan fingerprint density at radius 2 is 1.87 bits per heavy atom. The van der Waals surface area contributed by atoms with Crippen molar-refractivity contribution in [3.8, 4) is 0 Å². The molecule has 3 heteroatoms. The Bertz CT molecular complexity index is 286. The lowest BCUT2D eigenvalue weighted by Crippen LogP contribution is -2.32. The van der Waals surface area contributed by atoms with Gasteiger partial charge in [-0.25, -0.2) is 4.39 Å². The summed E-state index contributed by atoms with van der Waals surface area (Å²) in [5.74, 6) is -0.198. The zero-order chi connectivity index (χ0) is 11.3. The van der Waals surface area contributed by atoms with Crippen LogP contribution >= 0.6 is 0 Å². The average Bonchev–Trinajstić information content (AvgIpc) is 2.18. The Labute approximate surface area is 90.4 Å². The average molecular weight is 211 g/mol. The molecule has 0 amide bonds. The maximum atomic E-state index is 12.7. The topological polar surface area (TPSA) is 21.3 Å². The zero-order valence-corrected chi connectivity index (χ0v) is 9.46. The molecule has 2 nitrogen and oxygen atoms in total. The van der Waals surface area contributed by atoms with Gasteiger partial charge in [0.15, 0.2) is 0 Å². The van der Waals surface area contributed by atoms with E-state index in [-0.39, 0.29) is 17.9 Å². The molecule has 0 bridgehead atoms. The third-order valence-electron chi connectivity index (χ3n) is 2.32. The number of halogens is 1. The van der Waals surface area contributed by atoms with E-state index in [1.54, 1.807) is 19.2 Å². The predicted octanol–water partition coefficient (Wildman–Crippen LogP) is 2.51. The minimum atomic E-state index is -0.198. The van der Waals surface area contributed by atoms with Crippen LogP contribution < -0.4 is 5.32 Å². The van der Waals surface area contributed by atoms with Gasteiger partial charge in [0.2, 0.25) is 0 Å². The Morgan fingerprint density at radius 3 is 2.40 bits per heavy atom. The van der Waals surface area contributed by atoms with Gasteiger partial charge in [0.05, 0.1) is 6.61 Å². The van der Waals surface area contributed by atoms with Crippen molar-refractivity contribution >= 4 is 0 Å². The molecule has 0 aromatic heterocycles. The molecule has 0 aliphatic heterocycles. The number of hydrogen-bond donors (Lipinski definition) is 1. The van der Waals surface area contributed by atoms with Crippen LogP contribution in [-0.4, -0.2) is 19.8 Å². The van der Waals surface area contributed by atoms with Crippen molar-refractivity contribution in [3.63, 3.8) is 0 Å². The molecule has 0 aliphatic rings. The summed E-state index contributed by atoms with van der Waals surface area (Å²) in [5.41, 5.74) is 1.08. The van der Waals surface area contributed by atoms with Crippen molar-refractivity contribution in [1.29, 1.82) is 0 Å². The molecule has 1 N–H and O–H groups in total. The van der Waals surface area contributed by atoms with Gasteiger partial charge in [-0.05, 0) is 31.5 Å². The fourth-order valence-electron chi connectivity index (χ4n) is 1.57. The van der Waals surface area contributed by atoms with Crippen molar-refractivity contribution in [2.75, 3.05) is 13.7 Å². The van der Waals surface area contributed by atoms with E-state index in [2.05, 4.69) is 19.2 Å². The molecule has 0 aliphatic carbocycles. The Hall–Kier alpha value is -0.930. The van der Waals surface area contributed by atoms with Gasteiger partial charge in [-0.15, -0.1) is 0 Å². The highest BCUT2D eigenvalue weighted by Crippen LogP contribution is 2.13. The lowest BCUT2D eigenvalue weighted by Gasteiger charge is -2.19. The van der Waals surface area contributed by atoms with Crippen LogP contribution in [0.25, 0.3) is 0 Å². The molecule has 15 heavy (non-hydrogen) atoms. The maximum Gasteiger partial charge on any atom is 0.123 e. The van der Waals surface area contributed by atoms with Gasteiger partial charge in [0, 0.05) is 19.2 Å². The number of benzene rings is 1. The van der Waals surface area contributed by atoms with E-state index >= 15 is 0 Å². The van der Waals surface area contributed by atoms with Gasteiger partial charge in [-0.3, -0.25) is 0 Å². The van der Waals surface area contributed by atoms with Gasteiger partial charge in [0.25, 0.3) is 0 Å². The van der Waals surface area contributed by atoms with Crippen molar-refractivity contribution in [2.45, 2.75) is 25.9 Å². The normalized spacial score (nSPS) is 14.9. The molecule has 1 rings (SSSR count). The van der Waals surface area contributed by atoms with Gasteiger partial charge < -0.3 is 10.1 Å². The van der Waals surface area contributed by atoms with Crippen LogP contribution in [-0.2, 0) is 4.74 Å². The highest BCUT2D eigenvalue weighted by atomic mass is 19.1. The van der Waals surface area contributed by atoms with Gasteiger partial charge in [-0.2, -0.15) is 0 Å². The van der Waals surface area contributed by atoms with Crippen molar-refractivity contribution in [2.24, 2.45) is 0 Å². The molecule has 0 heterocycles. The summed E-state index contributed by atoms with van der Waals surface area (Å²) < 4.78 is 17.7. The lowest BCUT2D eigenvalue weighted by atomic mass is 10.1. The van der Waals surface area contributed by atoms with E-state index in [9.17, 15) is 4.39 Å². The first-order chi connectivity index (χ1) is 7.13. The highest BCUT2D eigenvalue weighted by molar-refractivity contribution is 5.19. The van der Waals surface area contributed by atoms with Crippen LogP contribution in [0.4, 0.5) is 4.39 Å². The predicted molar refractivity (Wildman–Crippen MR) is 59.3 cm³/mol. The van der Waals surface area contributed by atoms with Crippen LogP contribution in [0.2, 0.25) is 0 Å². The molecular weight excluding hydrogens is 193 g/mol. The number of hydrogen-bond acceptors (Lipinski definition) is 2. The third-order valence-corrected chi connectivity index (χ3v) is 2.32. The highest BCUT2D eigenvalue weighted by Gasteiger charge is 2.08. The molecule has 0 saturated carbocycles. The molecule has 0 spiro atoms. The second kappa shape index (κ2) is 5.83. The molecule has 0 radical (unpaired) electrons. The maximum absolute atomic E-state index is 12.7. The Kier molecular flexibility index (Phi) is 4.72. The van der Waals surface area contributed by atoms with Gasteiger partial charge in [0.1, 0.15) is 5.82 Å². The van der Waals surface area contributed by atoms with E-state index in [1.165, 1.54) is 12.1 Å². The first-order valence-electron chi connectivity index (χ1n) is 5.14. The van der Waals surface area contributed by atoms with E-state index in [0.717, 1.165) is 5.56 Å². The fourth-order valence-corrected chi connectivity index (χ4v) is 1.57. The summed E-state index contributed by atoms with van der Waals surface area (Å²) in [6.45, 7) is 4.79. The fraction of sp³-hybridized carbons (Fsp3) is 0.500. The summed E-state index contributed by atoms with van der Waals surface area (Å²) in [5, 5.41) is 3.37. The number of nitrogens with one attached hydrogen (secondary N) is 1. The van der Waals surface area contributed by atoms with Gasteiger partial charge >= 0.3 is 0 Å². The van der Waals surface area contributed by atoms with Crippen molar-refractivity contribution < 1.29 is 9.13 Å². The molecule has 84 valence electrons. The number of rotatable bonds is 5. The van der Waals surface area contributed by atoms with E-state index < -0.39 is 0 Å². The minimum absolute atomic E-state index is 0.198. The van der Waals surface area contributed by atoms with Crippen molar-refractivity contribution in [3.05, 3.63) is 35.6 Å². The quantitative estimate of drug-likeness (QED) is 0.808. The molecule has 2 atom stereocenters. The van der Waals surface area contributed by atoms with E-state index in [4.69, 9.17) is 4.74 Å². The molecular formula is C12H18FNO. The van der Waals surface area contributed by atoms with Crippen molar-refractivity contribution in [1.82, 2.24) is 5.32 Å². The summed E-state index contributed by atoms with van der Waals surface area (Å²) in [4.78, 5) is 0. The Morgan fingerprint density at radius 1 is 1.27 bits per heavy atom. The minimum Gasteiger partial charge on any atom is -0.383 e. The summed E-state index contributed by atoms with van der Waals surface area (Å²) in [6, 6.07) is 7.05. The second-order valence-corrected chi connectivity index (χ2v) is 3.80. The monoisotopic (exact) mass is 211 g/mol. The summed E-state index contributed by atoms with van der Waals surface area (Å²) in [6.07, 6.45) is 0. The molecule has 1 unspecified atom stereocenters. The molecule has 1 aromatic carbocycles. The van der Waals surface area contributed by atoms with Crippen LogP contribution in [0.3, 0.4) is 0 Å². The van der Waals surface area contributed by atoms with E-state index in [0.29, 0.717) is 6.61 Å². The molecule has 0 fully saturated rings. The van der Waals surface area contributed by atoms with Crippen LogP contribution in [0.15, 0.2) is 24.3 Å². The largest absolute Gasteiger partial charge is 0.383 e. The zero-order valence-electron chi connectivity index (χ0n) is 9.46. The SMILES string of the molecule is COCC(C)N[C@H](C)c1ccc(F)cc1. The molecule has 0 saturated heterocycles. The first kappa shape index (κ1) is 12.1. The van der Waals surface area contributed by atoms with Crippen LogP contribution in [0.1, 0.15) is 25.5 Å². The molecule has 1 aromatic rings. The lowest BCUT2D eigenvalue weighted by molar-refractivity contribution is 0.167. The smallest absolute Gasteiger partial charge is 0.123 e. The number of methoxy groups -OCH3 is 1. The van der Waals surface area contributed by atoms with E-state index in [1.807, 2.05) is 0 Å². The third kappa shape index (κ3) is 3.98.